The maximum atomic E-state index is 6.96. The second-order valence-corrected chi connectivity index (χ2v) is 12.8. The predicted octanol–water partition coefficient (Wildman–Crippen LogP) is 11.5. The van der Waals surface area contributed by atoms with Gasteiger partial charge in [0, 0.05) is 44.7 Å². The van der Waals surface area contributed by atoms with Crippen LogP contribution in [0.2, 0.25) is 0 Å². The number of hydrogen-bond donors (Lipinski definition) is 0. The summed E-state index contributed by atoms with van der Waals surface area (Å²) in [4.78, 5) is 14.8. The lowest BCUT2D eigenvalue weighted by Crippen LogP contribution is -2.04. The lowest BCUT2D eigenvalue weighted by atomic mass is 10.0. The fourth-order valence-electron chi connectivity index (χ4n) is 7.32. The van der Waals surface area contributed by atoms with Crippen LogP contribution in [-0.2, 0) is 6.42 Å². The van der Waals surface area contributed by atoms with Crippen LogP contribution in [0, 0.1) is 0 Å². The molecule has 51 heavy (non-hydrogen) atoms. The van der Waals surface area contributed by atoms with Crippen LogP contribution >= 0.6 is 0 Å². The molecule has 0 atom stereocenters. The number of benzene rings is 7. The van der Waals surface area contributed by atoms with Gasteiger partial charge in [0.05, 0.1) is 16.7 Å². The molecule has 3 aromatic heterocycles. The number of aromatic nitrogens is 4. The number of furan rings is 1. The summed E-state index contributed by atoms with van der Waals surface area (Å²) >= 11 is 0. The van der Waals surface area contributed by atoms with Gasteiger partial charge in [-0.1, -0.05) is 152 Å². The van der Waals surface area contributed by atoms with Crippen molar-refractivity contribution < 1.29 is 4.42 Å². The molecule has 5 nitrogen and oxygen atoms in total. The number of hydrogen-bond acceptors (Lipinski definition) is 4. The lowest BCUT2D eigenvalue weighted by Gasteiger charge is -2.10. The topological polar surface area (TPSA) is 56.7 Å². The highest BCUT2D eigenvalue weighted by molar-refractivity contribution is 6.13. The first-order valence-electron chi connectivity index (χ1n) is 17.2. The molecule has 0 aliphatic rings. The SMILES string of the molecule is c1ccc(-c2ccc3c4ccccc4n(-c4cccc5c4oc4c(Cc6nc(-c7ccccc7)nc(-c7ccccc7)n6)cccc45)c3c2)cc1. The molecule has 3 heterocycles. The summed E-state index contributed by atoms with van der Waals surface area (Å²) in [6.07, 6.45) is 0.491. The van der Waals surface area contributed by atoms with Crippen LogP contribution in [0.15, 0.2) is 174 Å². The van der Waals surface area contributed by atoms with Gasteiger partial charge in [0.25, 0.3) is 0 Å². The highest BCUT2D eigenvalue weighted by atomic mass is 16.3. The van der Waals surface area contributed by atoms with Crippen molar-refractivity contribution in [3.63, 3.8) is 0 Å². The van der Waals surface area contributed by atoms with E-state index in [0.717, 1.165) is 55.3 Å². The fourth-order valence-corrected chi connectivity index (χ4v) is 7.32. The molecular weight excluding hydrogens is 625 g/mol. The molecule has 0 fully saturated rings. The first-order chi connectivity index (χ1) is 25.3. The third-order valence-corrected chi connectivity index (χ3v) is 9.70. The van der Waals surface area contributed by atoms with Crippen LogP contribution in [0.5, 0.6) is 0 Å². The van der Waals surface area contributed by atoms with Gasteiger partial charge in [0.2, 0.25) is 0 Å². The third kappa shape index (κ3) is 4.98. The molecule has 0 spiro atoms. The Balaban J connectivity index is 1.15. The number of nitrogens with zero attached hydrogens (tertiary/aromatic N) is 4. The van der Waals surface area contributed by atoms with Crippen LogP contribution in [0.4, 0.5) is 0 Å². The van der Waals surface area contributed by atoms with Gasteiger partial charge in [0.1, 0.15) is 11.4 Å². The molecule has 0 unspecified atom stereocenters. The van der Waals surface area contributed by atoms with Crippen molar-refractivity contribution in [2.75, 3.05) is 0 Å². The minimum absolute atomic E-state index is 0.491. The van der Waals surface area contributed by atoms with Gasteiger partial charge < -0.3 is 8.98 Å². The summed E-state index contributed by atoms with van der Waals surface area (Å²) in [6, 6.07) is 58.9. The second kappa shape index (κ2) is 11.9. The van der Waals surface area contributed by atoms with Crippen molar-refractivity contribution in [2.24, 2.45) is 0 Å². The molecule has 7 aromatic carbocycles. The van der Waals surface area contributed by atoms with Crippen molar-refractivity contribution in [2.45, 2.75) is 6.42 Å². The van der Waals surface area contributed by atoms with E-state index in [1.807, 2.05) is 60.7 Å². The zero-order valence-electron chi connectivity index (χ0n) is 27.6. The minimum atomic E-state index is 0.491. The second-order valence-electron chi connectivity index (χ2n) is 12.8. The van der Waals surface area contributed by atoms with E-state index >= 15 is 0 Å². The summed E-state index contributed by atoms with van der Waals surface area (Å²) in [5, 5.41) is 4.55. The number of rotatable bonds is 6. The van der Waals surface area contributed by atoms with Gasteiger partial charge in [-0.15, -0.1) is 0 Å². The Kier molecular flexibility index (Phi) is 6.81. The van der Waals surface area contributed by atoms with E-state index in [4.69, 9.17) is 19.4 Å². The molecule has 240 valence electrons. The zero-order valence-corrected chi connectivity index (χ0v) is 27.6. The molecule has 0 bridgehead atoms. The van der Waals surface area contributed by atoms with E-state index in [1.54, 1.807) is 0 Å². The number of fused-ring (bicyclic) bond motifs is 6. The zero-order chi connectivity index (χ0) is 33.7. The van der Waals surface area contributed by atoms with E-state index in [9.17, 15) is 0 Å². The van der Waals surface area contributed by atoms with Crippen molar-refractivity contribution in [3.05, 3.63) is 181 Å². The Labute approximate surface area is 294 Å². The highest BCUT2D eigenvalue weighted by Crippen LogP contribution is 2.40. The molecule has 0 saturated carbocycles. The molecule has 10 rings (SSSR count). The molecule has 0 amide bonds. The summed E-state index contributed by atoms with van der Waals surface area (Å²) in [5.41, 5.74) is 10.2. The smallest absolute Gasteiger partial charge is 0.163 e. The van der Waals surface area contributed by atoms with Gasteiger partial charge in [-0.3, -0.25) is 0 Å². The predicted molar refractivity (Wildman–Crippen MR) is 207 cm³/mol. The van der Waals surface area contributed by atoms with Crippen LogP contribution in [-0.4, -0.2) is 19.5 Å². The standard InChI is InChI=1S/C46H30N4O/c1-4-14-30(15-5-1)33-26-27-36-35-21-10-11-24-39(35)50(41(36)28-33)40-25-13-23-38-37-22-12-20-34(43(37)51-44(38)40)29-42-47-45(31-16-6-2-7-17-31)49-46(48-42)32-18-8-3-9-19-32/h1-28H,29H2. The van der Waals surface area contributed by atoms with Crippen molar-refractivity contribution >= 4 is 43.7 Å². The molecule has 0 saturated heterocycles. The quantitative estimate of drug-likeness (QED) is 0.179. The number of para-hydroxylation sites is 3. The lowest BCUT2D eigenvalue weighted by molar-refractivity contribution is 0.660. The van der Waals surface area contributed by atoms with Gasteiger partial charge in [-0.2, -0.15) is 0 Å². The molecule has 5 heteroatoms. The van der Waals surface area contributed by atoms with Crippen molar-refractivity contribution in [1.82, 2.24) is 19.5 Å². The van der Waals surface area contributed by atoms with E-state index in [2.05, 4.69) is 114 Å². The molecular formula is C46H30N4O. The molecule has 0 N–H and O–H groups in total. The van der Waals surface area contributed by atoms with Crippen LogP contribution < -0.4 is 0 Å². The van der Waals surface area contributed by atoms with Crippen molar-refractivity contribution in [1.29, 1.82) is 0 Å². The highest BCUT2D eigenvalue weighted by Gasteiger charge is 2.20. The maximum Gasteiger partial charge on any atom is 0.163 e. The molecule has 0 aliphatic heterocycles. The Hall–Kier alpha value is -6.85. The van der Waals surface area contributed by atoms with E-state index in [0.29, 0.717) is 23.9 Å². The maximum absolute atomic E-state index is 6.96. The van der Waals surface area contributed by atoms with Gasteiger partial charge in [-0.25, -0.2) is 15.0 Å². The van der Waals surface area contributed by atoms with E-state index in [1.165, 1.54) is 21.9 Å². The average molecular weight is 655 g/mol. The Morgan fingerprint density at radius 1 is 0.412 bits per heavy atom. The average Bonchev–Trinajstić information content (AvgIpc) is 3.75. The van der Waals surface area contributed by atoms with Gasteiger partial charge >= 0.3 is 0 Å². The molecule has 10 aromatic rings. The summed E-state index contributed by atoms with van der Waals surface area (Å²) in [6.45, 7) is 0. The van der Waals surface area contributed by atoms with Crippen LogP contribution in [0.3, 0.4) is 0 Å². The molecule has 0 radical (unpaired) electrons. The molecule has 0 aliphatic carbocycles. The Bertz CT molecular complexity index is 2820. The normalized spacial score (nSPS) is 11.6. The summed E-state index contributed by atoms with van der Waals surface area (Å²) < 4.78 is 9.31. The summed E-state index contributed by atoms with van der Waals surface area (Å²) in [7, 11) is 0. The third-order valence-electron chi connectivity index (χ3n) is 9.70. The van der Waals surface area contributed by atoms with Gasteiger partial charge in [-0.05, 0) is 29.3 Å². The van der Waals surface area contributed by atoms with Crippen LogP contribution in [0.1, 0.15) is 11.4 Å². The fraction of sp³-hybridized carbons (Fsp3) is 0.0217. The first-order valence-corrected chi connectivity index (χ1v) is 17.2. The van der Waals surface area contributed by atoms with E-state index in [-0.39, 0.29) is 0 Å². The minimum Gasteiger partial charge on any atom is -0.454 e. The van der Waals surface area contributed by atoms with Crippen molar-refractivity contribution in [3.8, 4) is 39.6 Å². The first kappa shape index (κ1) is 29.1. The Morgan fingerprint density at radius 3 is 1.69 bits per heavy atom. The largest absolute Gasteiger partial charge is 0.454 e. The van der Waals surface area contributed by atoms with Crippen LogP contribution in [0.25, 0.3) is 83.3 Å². The monoisotopic (exact) mass is 654 g/mol. The summed E-state index contributed by atoms with van der Waals surface area (Å²) in [5.74, 6) is 1.99. The van der Waals surface area contributed by atoms with E-state index < -0.39 is 0 Å². The van der Waals surface area contributed by atoms with Gasteiger partial charge in [0.15, 0.2) is 17.2 Å². The Morgan fingerprint density at radius 2 is 0.980 bits per heavy atom.